The van der Waals surface area contributed by atoms with Crippen molar-refractivity contribution >= 4 is 24.8 Å². The number of halogens is 2. The number of rotatable bonds is 1. The van der Waals surface area contributed by atoms with Crippen molar-refractivity contribution < 1.29 is 0 Å². The molecule has 2 nitrogen and oxygen atoms in total. The lowest BCUT2D eigenvalue weighted by Crippen LogP contribution is -2.48. The first-order chi connectivity index (χ1) is 5.84. The van der Waals surface area contributed by atoms with Gasteiger partial charge in [-0.25, -0.2) is 0 Å². The van der Waals surface area contributed by atoms with Gasteiger partial charge in [0.2, 0.25) is 0 Å². The Hall–Kier alpha value is 0.500. The summed E-state index contributed by atoms with van der Waals surface area (Å²) in [4.78, 5) is 2.80. The lowest BCUT2D eigenvalue weighted by Gasteiger charge is -2.37. The quantitative estimate of drug-likeness (QED) is 0.757. The van der Waals surface area contributed by atoms with Gasteiger partial charge in [0.15, 0.2) is 0 Å². The molecule has 0 aromatic heterocycles. The fourth-order valence-corrected chi connectivity index (χ4v) is 3.22. The molecule has 0 spiro atoms. The molecule has 2 bridgehead atoms. The molecule has 3 fully saturated rings. The Morgan fingerprint density at radius 3 is 1.64 bits per heavy atom. The minimum absolute atomic E-state index is 0. The lowest BCUT2D eigenvalue weighted by atomic mass is 9.98. The van der Waals surface area contributed by atoms with E-state index in [0.29, 0.717) is 6.04 Å². The molecule has 2 aliphatic heterocycles. The third kappa shape index (κ3) is 2.04. The van der Waals surface area contributed by atoms with Crippen molar-refractivity contribution in [2.75, 3.05) is 0 Å². The van der Waals surface area contributed by atoms with Gasteiger partial charge in [0.05, 0.1) is 0 Å². The lowest BCUT2D eigenvalue weighted by molar-refractivity contribution is 0.119. The van der Waals surface area contributed by atoms with E-state index in [2.05, 4.69) is 4.90 Å². The molecule has 1 aliphatic carbocycles. The van der Waals surface area contributed by atoms with E-state index in [-0.39, 0.29) is 24.8 Å². The van der Waals surface area contributed by atoms with Crippen molar-refractivity contribution in [3.05, 3.63) is 0 Å². The summed E-state index contributed by atoms with van der Waals surface area (Å²) in [5.41, 5.74) is 6.01. The van der Waals surface area contributed by atoms with Crippen LogP contribution in [0.3, 0.4) is 0 Å². The predicted molar refractivity (Wildman–Crippen MR) is 63.4 cm³/mol. The van der Waals surface area contributed by atoms with Gasteiger partial charge < -0.3 is 5.73 Å². The van der Waals surface area contributed by atoms with E-state index in [4.69, 9.17) is 5.73 Å². The van der Waals surface area contributed by atoms with Gasteiger partial charge in [0, 0.05) is 24.2 Å². The third-order valence-electron chi connectivity index (χ3n) is 3.79. The Labute approximate surface area is 98.4 Å². The molecule has 14 heavy (non-hydrogen) atoms. The minimum atomic E-state index is 0. The summed E-state index contributed by atoms with van der Waals surface area (Å²) in [6, 6.07) is 3.21. The highest BCUT2D eigenvalue weighted by molar-refractivity contribution is 5.85. The zero-order valence-corrected chi connectivity index (χ0v) is 10.0. The van der Waals surface area contributed by atoms with Crippen molar-refractivity contribution in [1.29, 1.82) is 0 Å². The Morgan fingerprint density at radius 1 is 0.786 bits per heavy atom. The van der Waals surface area contributed by atoms with Gasteiger partial charge in [-0.05, 0) is 38.5 Å². The highest BCUT2D eigenvalue weighted by Crippen LogP contribution is 2.42. The Balaban J connectivity index is 0.000000490. The molecule has 3 rings (SSSR count). The number of fused-ring (bicyclic) bond motifs is 2. The monoisotopic (exact) mass is 238 g/mol. The Kier molecular flexibility index (Phi) is 4.10. The second kappa shape index (κ2) is 4.56. The smallest absolute Gasteiger partial charge is 0.0116 e. The van der Waals surface area contributed by atoms with E-state index in [1.54, 1.807) is 0 Å². The second-order valence-electron chi connectivity index (χ2n) is 4.79. The molecule has 84 valence electrons. The molecule has 3 aliphatic rings. The summed E-state index contributed by atoms with van der Waals surface area (Å²) in [5.74, 6) is 0. The number of nitrogens with zero attached hydrogens (tertiary/aromatic N) is 1. The predicted octanol–water partition coefficient (Wildman–Crippen LogP) is 1.95. The van der Waals surface area contributed by atoms with Crippen LogP contribution in [0.1, 0.15) is 38.5 Å². The van der Waals surface area contributed by atoms with Crippen molar-refractivity contribution in [2.45, 2.75) is 62.7 Å². The van der Waals surface area contributed by atoms with Crippen LogP contribution in [0, 0.1) is 0 Å². The number of nitrogens with two attached hydrogens (primary N) is 1. The molecule has 1 saturated carbocycles. The summed E-state index contributed by atoms with van der Waals surface area (Å²) in [7, 11) is 0. The molecule has 0 amide bonds. The molecule has 3 atom stereocenters. The number of hydrogen-bond acceptors (Lipinski definition) is 2. The van der Waals surface area contributed by atoms with Crippen LogP contribution in [-0.2, 0) is 0 Å². The molecule has 1 unspecified atom stereocenters. The molecular formula is C10H20Cl2N2. The summed E-state index contributed by atoms with van der Waals surface area (Å²) in [6.07, 6.45) is 8.31. The molecule has 0 aromatic rings. The van der Waals surface area contributed by atoms with Crippen LogP contribution in [0.25, 0.3) is 0 Å². The summed E-state index contributed by atoms with van der Waals surface area (Å²) >= 11 is 0. The average Bonchev–Trinajstić information content (AvgIpc) is 2.80. The van der Waals surface area contributed by atoms with Crippen molar-refractivity contribution in [3.63, 3.8) is 0 Å². The number of hydrogen-bond donors (Lipinski definition) is 1. The number of piperidine rings is 1. The molecule has 0 aromatic carbocycles. The van der Waals surface area contributed by atoms with Crippen molar-refractivity contribution in [2.24, 2.45) is 5.73 Å². The average molecular weight is 239 g/mol. The first-order valence-corrected chi connectivity index (χ1v) is 5.37. The van der Waals surface area contributed by atoms with Crippen LogP contribution in [-0.4, -0.2) is 29.1 Å². The summed E-state index contributed by atoms with van der Waals surface area (Å²) in [5, 5.41) is 0. The van der Waals surface area contributed by atoms with Crippen LogP contribution in [0.15, 0.2) is 0 Å². The van der Waals surface area contributed by atoms with E-state index in [9.17, 15) is 0 Å². The minimum Gasteiger partial charge on any atom is -0.328 e. The Bertz CT molecular complexity index is 183. The highest BCUT2D eigenvalue weighted by atomic mass is 35.5. The standard InChI is InChI=1S/C10H18N2.2ClH/c11-7-5-9-3-4-10(6-7)12(9)8-1-2-8;;/h7-10H,1-6,11H2;2*1H/t7?,9-,10+;;. The molecule has 2 N–H and O–H groups in total. The largest absolute Gasteiger partial charge is 0.328 e. The molecule has 2 saturated heterocycles. The fraction of sp³-hybridized carbons (Fsp3) is 1.00. The Morgan fingerprint density at radius 2 is 1.21 bits per heavy atom. The van der Waals surface area contributed by atoms with E-state index in [1.165, 1.54) is 38.5 Å². The van der Waals surface area contributed by atoms with Crippen molar-refractivity contribution in [1.82, 2.24) is 4.90 Å². The van der Waals surface area contributed by atoms with E-state index >= 15 is 0 Å². The zero-order valence-electron chi connectivity index (χ0n) is 8.39. The van der Waals surface area contributed by atoms with Crippen LogP contribution in [0.2, 0.25) is 0 Å². The normalized spacial score (nSPS) is 41.4. The summed E-state index contributed by atoms with van der Waals surface area (Å²) < 4.78 is 0. The molecule has 0 radical (unpaired) electrons. The van der Waals surface area contributed by atoms with Gasteiger partial charge in [-0.3, -0.25) is 4.90 Å². The summed E-state index contributed by atoms with van der Waals surface area (Å²) in [6.45, 7) is 0. The second-order valence-corrected chi connectivity index (χ2v) is 4.79. The van der Waals surface area contributed by atoms with Crippen molar-refractivity contribution in [3.8, 4) is 0 Å². The zero-order chi connectivity index (χ0) is 8.13. The van der Waals surface area contributed by atoms with Gasteiger partial charge in [-0.1, -0.05) is 0 Å². The fourth-order valence-electron chi connectivity index (χ4n) is 3.22. The van der Waals surface area contributed by atoms with Gasteiger partial charge in [0.1, 0.15) is 0 Å². The van der Waals surface area contributed by atoms with Gasteiger partial charge in [-0.2, -0.15) is 0 Å². The first-order valence-electron chi connectivity index (χ1n) is 5.37. The van der Waals surface area contributed by atoms with Gasteiger partial charge in [-0.15, -0.1) is 24.8 Å². The maximum atomic E-state index is 6.01. The van der Waals surface area contributed by atoms with E-state index < -0.39 is 0 Å². The first kappa shape index (κ1) is 12.6. The third-order valence-corrected chi connectivity index (χ3v) is 3.79. The molecule has 2 heterocycles. The topological polar surface area (TPSA) is 29.3 Å². The van der Waals surface area contributed by atoms with Gasteiger partial charge in [0.25, 0.3) is 0 Å². The maximum Gasteiger partial charge on any atom is 0.0116 e. The van der Waals surface area contributed by atoms with Crippen LogP contribution < -0.4 is 5.73 Å². The van der Waals surface area contributed by atoms with Crippen LogP contribution >= 0.6 is 24.8 Å². The highest BCUT2D eigenvalue weighted by Gasteiger charge is 2.45. The SMILES string of the molecule is Cl.Cl.NC1C[C@H]2CC[C@@H](C1)N2C1CC1. The maximum absolute atomic E-state index is 6.01. The van der Waals surface area contributed by atoms with Gasteiger partial charge >= 0.3 is 0 Å². The van der Waals surface area contributed by atoms with Crippen LogP contribution in [0.4, 0.5) is 0 Å². The van der Waals surface area contributed by atoms with E-state index in [0.717, 1.165) is 18.1 Å². The molecular weight excluding hydrogens is 219 g/mol. The van der Waals surface area contributed by atoms with Crippen LogP contribution in [0.5, 0.6) is 0 Å². The molecule has 4 heteroatoms. The van der Waals surface area contributed by atoms with E-state index in [1.807, 2.05) is 0 Å².